The summed E-state index contributed by atoms with van der Waals surface area (Å²) in [4.78, 5) is 24.7. The number of hydrogen-bond donors (Lipinski definition) is 2. The number of carbonyl (C=O) groups is 2. The van der Waals surface area contributed by atoms with E-state index in [0.717, 1.165) is 12.1 Å². The molecule has 2 atom stereocenters. The lowest BCUT2D eigenvalue weighted by molar-refractivity contribution is -0.274. The molecule has 2 aromatic rings. The molecule has 1 aliphatic rings. The minimum Gasteiger partial charge on any atom is -0.406 e. The molecule has 3 rings (SSSR count). The maximum absolute atomic E-state index is 13.8. The topological polar surface area (TPSA) is 67.4 Å². The highest BCUT2D eigenvalue weighted by Gasteiger charge is 2.33. The Balaban J connectivity index is 1.58. The number of benzene rings is 2. The van der Waals surface area contributed by atoms with Crippen molar-refractivity contribution in [2.75, 3.05) is 11.1 Å². The molecule has 0 unspecified atom stereocenters. The standard InChI is InChI=1S/C19H16F4N2O3S/c20-14-7-2-1-4-11(14)8-16-18(27)25-15(10-29-16)17(26)24-12-5-3-6-13(9-12)28-19(21,22)23/h1-7,9,15-16H,8,10H2,(H,24,26)(H,25,27)/t15-,16+/m1/s1. The van der Waals surface area contributed by atoms with E-state index in [1.165, 1.54) is 30.0 Å². The first-order valence-electron chi connectivity index (χ1n) is 8.53. The van der Waals surface area contributed by atoms with Crippen LogP contribution >= 0.6 is 11.8 Å². The van der Waals surface area contributed by atoms with Crippen molar-refractivity contribution in [1.82, 2.24) is 5.32 Å². The van der Waals surface area contributed by atoms with Crippen LogP contribution in [0.5, 0.6) is 5.75 Å². The van der Waals surface area contributed by atoms with Gasteiger partial charge in [-0.15, -0.1) is 24.9 Å². The maximum atomic E-state index is 13.8. The molecule has 0 saturated carbocycles. The van der Waals surface area contributed by atoms with Crippen molar-refractivity contribution in [3.8, 4) is 5.75 Å². The molecule has 0 spiro atoms. The lowest BCUT2D eigenvalue weighted by atomic mass is 10.1. The normalized spacial score (nSPS) is 19.4. The van der Waals surface area contributed by atoms with Gasteiger partial charge in [-0.3, -0.25) is 9.59 Å². The molecule has 0 bridgehead atoms. The molecule has 1 saturated heterocycles. The second-order valence-electron chi connectivity index (χ2n) is 6.24. The van der Waals surface area contributed by atoms with Crippen molar-refractivity contribution >= 4 is 29.3 Å². The van der Waals surface area contributed by atoms with E-state index >= 15 is 0 Å². The van der Waals surface area contributed by atoms with Gasteiger partial charge in [0.05, 0.1) is 5.25 Å². The van der Waals surface area contributed by atoms with Gasteiger partial charge in [-0.1, -0.05) is 24.3 Å². The number of ether oxygens (including phenoxy) is 1. The first-order chi connectivity index (χ1) is 13.7. The predicted octanol–water partition coefficient (Wildman–Crippen LogP) is 3.51. The fourth-order valence-electron chi connectivity index (χ4n) is 2.75. The highest BCUT2D eigenvalue weighted by atomic mass is 32.2. The van der Waals surface area contributed by atoms with Gasteiger partial charge in [-0.05, 0) is 30.2 Å². The quantitative estimate of drug-likeness (QED) is 0.716. The van der Waals surface area contributed by atoms with Crippen LogP contribution in [-0.2, 0) is 16.0 Å². The van der Waals surface area contributed by atoms with Crippen LogP contribution in [0.3, 0.4) is 0 Å². The Morgan fingerprint density at radius 2 is 1.97 bits per heavy atom. The summed E-state index contributed by atoms with van der Waals surface area (Å²) in [6.45, 7) is 0. The molecular formula is C19H16F4N2O3S. The van der Waals surface area contributed by atoms with Crippen LogP contribution in [0.2, 0.25) is 0 Å². The average Bonchev–Trinajstić information content (AvgIpc) is 2.64. The van der Waals surface area contributed by atoms with Crippen LogP contribution in [0, 0.1) is 5.82 Å². The van der Waals surface area contributed by atoms with E-state index in [-0.39, 0.29) is 17.9 Å². The number of thioether (sulfide) groups is 1. The first kappa shape index (κ1) is 21.0. The van der Waals surface area contributed by atoms with Crippen LogP contribution in [0.4, 0.5) is 23.2 Å². The number of hydrogen-bond acceptors (Lipinski definition) is 4. The summed E-state index contributed by atoms with van der Waals surface area (Å²) in [6, 6.07) is 10.1. The third-order valence-corrected chi connectivity index (χ3v) is 5.40. The van der Waals surface area contributed by atoms with E-state index in [9.17, 15) is 27.2 Å². The molecule has 0 aliphatic carbocycles. The van der Waals surface area contributed by atoms with Crippen LogP contribution < -0.4 is 15.4 Å². The molecule has 29 heavy (non-hydrogen) atoms. The Bertz CT molecular complexity index is 907. The predicted molar refractivity (Wildman–Crippen MR) is 100 cm³/mol. The van der Waals surface area contributed by atoms with Gasteiger partial charge in [0.25, 0.3) is 0 Å². The van der Waals surface area contributed by atoms with E-state index in [1.807, 2.05) is 0 Å². The highest BCUT2D eigenvalue weighted by molar-refractivity contribution is 8.00. The van der Waals surface area contributed by atoms with Crippen molar-refractivity contribution in [2.24, 2.45) is 0 Å². The first-order valence-corrected chi connectivity index (χ1v) is 9.58. The Hall–Kier alpha value is -2.75. The minimum atomic E-state index is -4.84. The van der Waals surface area contributed by atoms with Gasteiger partial charge in [-0.25, -0.2) is 4.39 Å². The van der Waals surface area contributed by atoms with Crippen LogP contribution in [-0.4, -0.2) is 35.2 Å². The number of halogens is 4. The molecule has 154 valence electrons. The lowest BCUT2D eigenvalue weighted by Crippen LogP contribution is -2.52. The summed E-state index contributed by atoms with van der Waals surface area (Å²) in [5, 5.41) is 4.49. The van der Waals surface area contributed by atoms with Gasteiger partial charge in [0.15, 0.2) is 0 Å². The summed E-state index contributed by atoms with van der Waals surface area (Å²) in [6.07, 6.45) is -4.65. The summed E-state index contributed by atoms with van der Waals surface area (Å²) in [5.74, 6) is -1.60. The number of nitrogens with one attached hydrogen (secondary N) is 2. The second-order valence-corrected chi connectivity index (χ2v) is 7.48. The van der Waals surface area contributed by atoms with E-state index < -0.39 is 41.0 Å². The van der Waals surface area contributed by atoms with Crippen molar-refractivity contribution in [1.29, 1.82) is 0 Å². The lowest BCUT2D eigenvalue weighted by Gasteiger charge is -2.28. The number of alkyl halides is 3. The van der Waals surface area contributed by atoms with Gasteiger partial charge in [-0.2, -0.15) is 0 Å². The molecule has 2 aromatic carbocycles. The largest absolute Gasteiger partial charge is 0.573 e. The number of carbonyl (C=O) groups excluding carboxylic acids is 2. The van der Waals surface area contributed by atoms with Gasteiger partial charge in [0.2, 0.25) is 11.8 Å². The second kappa shape index (κ2) is 8.73. The zero-order chi connectivity index (χ0) is 21.0. The molecule has 0 radical (unpaired) electrons. The van der Waals surface area contributed by atoms with E-state index in [4.69, 9.17) is 0 Å². The van der Waals surface area contributed by atoms with Crippen molar-refractivity contribution < 1.29 is 31.9 Å². The number of amides is 2. The molecule has 0 aromatic heterocycles. The Labute approximate surface area is 167 Å². The zero-order valence-corrected chi connectivity index (χ0v) is 15.6. The SMILES string of the molecule is O=C1N[C@@H](C(=O)Nc2cccc(OC(F)(F)F)c2)CS[C@H]1Cc1ccccc1F. The molecule has 2 amide bonds. The zero-order valence-electron chi connectivity index (χ0n) is 14.8. The fourth-order valence-corrected chi connectivity index (χ4v) is 3.93. The minimum absolute atomic E-state index is 0.101. The number of anilines is 1. The van der Waals surface area contributed by atoms with Crippen LogP contribution in [0.15, 0.2) is 48.5 Å². The number of rotatable bonds is 5. The molecule has 5 nitrogen and oxygen atoms in total. The van der Waals surface area contributed by atoms with E-state index in [2.05, 4.69) is 15.4 Å². The smallest absolute Gasteiger partial charge is 0.406 e. The molecule has 10 heteroatoms. The summed E-state index contributed by atoms with van der Waals surface area (Å²) in [5.41, 5.74) is 0.508. The maximum Gasteiger partial charge on any atom is 0.573 e. The molecule has 2 N–H and O–H groups in total. The van der Waals surface area contributed by atoms with Crippen molar-refractivity contribution in [3.05, 3.63) is 59.9 Å². The van der Waals surface area contributed by atoms with Gasteiger partial charge < -0.3 is 15.4 Å². The Morgan fingerprint density at radius 3 is 2.66 bits per heavy atom. The van der Waals surface area contributed by atoms with Crippen LogP contribution in [0.25, 0.3) is 0 Å². The van der Waals surface area contributed by atoms with Crippen molar-refractivity contribution in [3.63, 3.8) is 0 Å². The van der Waals surface area contributed by atoms with Gasteiger partial charge >= 0.3 is 6.36 Å². The molecular weight excluding hydrogens is 412 g/mol. The molecule has 1 aliphatic heterocycles. The monoisotopic (exact) mass is 428 g/mol. The van der Waals surface area contributed by atoms with Crippen LogP contribution in [0.1, 0.15) is 5.56 Å². The third-order valence-electron chi connectivity index (χ3n) is 4.09. The highest BCUT2D eigenvalue weighted by Crippen LogP contribution is 2.26. The van der Waals surface area contributed by atoms with Gasteiger partial charge in [0, 0.05) is 17.5 Å². The Morgan fingerprint density at radius 1 is 1.21 bits per heavy atom. The summed E-state index contributed by atoms with van der Waals surface area (Å²) >= 11 is 1.22. The molecule has 1 heterocycles. The average molecular weight is 428 g/mol. The van der Waals surface area contributed by atoms with E-state index in [0.29, 0.717) is 5.56 Å². The fraction of sp³-hybridized carbons (Fsp3) is 0.263. The third kappa shape index (κ3) is 5.86. The molecule has 1 fully saturated rings. The van der Waals surface area contributed by atoms with E-state index in [1.54, 1.807) is 18.2 Å². The Kier molecular flexibility index (Phi) is 6.31. The summed E-state index contributed by atoms with van der Waals surface area (Å²) < 4.78 is 54.5. The van der Waals surface area contributed by atoms with Gasteiger partial charge in [0.1, 0.15) is 17.6 Å². The van der Waals surface area contributed by atoms with Crippen molar-refractivity contribution in [2.45, 2.75) is 24.1 Å². The summed E-state index contributed by atoms with van der Waals surface area (Å²) in [7, 11) is 0.